The summed E-state index contributed by atoms with van der Waals surface area (Å²) in [6.45, 7) is 5.70. The van der Waals surface area contributed by atoms with E-state index in [-0.39, 0.29) is 0 Å². The topological polar surface area (TPSA) is 112 Å². The molecule has 0 aliphatic rings. The van der Waals surface area contributed by atoms with Gasteiger partial charge in [0.15, 0.2) is 0 Å². The first-order valence-electron chi connectivity index (χ1n) is 5.15. The van der Waals surface area contributed by atoms with Crippen LogP contribution in [0.2, 0.25) is 0 Å². The van der Waals surface area contributed by atoms with Crippen molar-refractivity contribution in [3.05, 3.63) is 12.2 Å². The van der Waals surface area contributed by atoms with E-state index in [0.29, 0.717) is 6.08 Å². The van der Waals surface area contributed by atoms with Crippen LogP contribution in [0.15, 0.2) is 12.2 Å². The molecule has 0 rings (SSSR count). The fourth-order valence-corrected chi connectivity index (χ4v) is 0.738. The van der Waals surface area contributed by atoms with Gasteiger partial charge in [-0.3, -0.25) is 14.4 Å². The molecule has 0 aromatic heterocycles. The Morgan fingerprint density at radius 1 is 0.941 bits per heavy atom. The van der Waals surface area contributed by atoms with Gasteiger partial charge < -0.3 is 15.3 Å². The zero-order valence-electron chi connectivity index (χ0n) is 10.1. The molecule has 3 N–H and O–H groups in total. The highest BCUT2D eigenvalue weighted by atomic mass is 16.4. The minimum Gasteiger partial charge on any atom is -0.480 e. The Kier molecular flexibility index (Phi) is 8.58. The highest BCUT2D eigenvalue weighted by Gasteiger charge is 2.52. The van der Waals surface area contributed by atoms with Gasteiger partial charge in [-0.2, -0.15) is 0 Å². The van der Waals surface area contributed by atoms with Crippen LogP contribution in [-0.4, -0.2) is 33.2 Å². The summed E-state index contributed by atoms with van der Waals surface area (Å²) < 4.78 is 0. The van der Waals surface area contributed by atoms with E-state index in [0.717, 1.165) is 6.08 Å². The van der Waals surface area contributed by atoms with Gasteiger partial charge in [-0.25, -0.2) is 0 Å². The molecule has 0 aliphatic heterocycles. The lowest BCUT2D eigenvalue weighted by atomic mass is 9.88. The van der Waals surface area contributed by atoms with Crippen molar-refractivity contribution < 1.29 is 29.7 Å². The molecule has 0 atom stereocenters. The van der Waals surface area contributed by atoms with Gasteiger partial charge in [0.25, 0.3) is 5.41 Å². The maximum absolute atomic E-state index is 10.5. The molecule has 0 fully saturated rings. The molecule has 6 nitrogen and oxygen atoms in total. The Hall–Kier alpha value is -1.85. The molecule has 0 saturated heterocycles. The molecule has 6 heteroatoms. The van der Waals surface area contributed by atoms with Gasteiger partial charge in [-0.05, 0) is 13.0 Å². The van der Waals surface area contributed by atoms with Crippen LogP contribution in [0.25, 0.3) is 0 Å². The van der Waals surface area contributed by atoms with Crippen molar-refractivity contribution in [2.24, 2.45) is 5.41 Å². The summed E-state index contributed by atoms with van der Waals surface area (Å²) in [5, 5.41) is 25.4. The zero-order chi connectivity index (χ0) is 14.1. The predicted octanol–water partition coefficient (Wildman–Crippen LogP) is 1.61. The van der Waals surface area contributed by atoms with Gasteiger partial charge >= 0.3 is 17.9 Å². The van der Waals surface area contributed by atoms with Crippen LogP contribution in [-0.2, 0) is 14.4 Å². The Balaban J connectivity index is 0. The minimum absolute atomic E-state index is 0.611. The maximum atomic E-state index is 10.5. The van der Waals surface area contributed by atoms with Crippen molar-refractivity contribution in [2.45, 2.75) is 33.6 Å². The van der Waals surface area contributed by atoms with Gasteiger partial charge in [0.2, 0.25) is 0 Å². The van der Waals surface area contributed by atoms with Crippen LogP contribution in [0.5, 0.6) is 0 Å². The second-order valence-electron chi connectivity index (χ2n) is 3.22. The Morgan fingerprint density at radius 2 is 1.24 bits per heavy atom. The van der Waals surface area contributed by atoms with Crippen molar-refractivity contribution in [1.82, 2.24) is 0 Å². The van der Waals surface area contributed by atoms with Crippen molar-refractivity contribution in [1.29, 1.82) is 0 Å². The molecule has 98 valence electrons. The fraction of sp³-hybridized carbons (Fsp3) is 0.545. The number of carboxylic acid groups (broad SMARTS) is 3. The van der Waals surface area contributed by atoms with Crippen LogP contribution in [0.4, 0.5) is 0 Å². The van der Waals surface area contributed by atoms with Crippen molar-refractivity contribution in [3.63, 3.8) is 0 Å². The smallest absolute Gasteiger partial charge is 0.336 e. The van der Waals surface area contributed by atoms with Gasteiger partial charge in [-0.1, -0.05) is 32.8 Å². The molecule has 0 aromatic carbocycles. The third-order valence-electron chi connectivity index (χ3n) is 1.93. The first kappa shape index (κ1) is 17.5. The largest absolute Gasteiger partial charge is 0.480 e. The van der Waals surface area contributed by atoms with E-state index in [9.17, 15) is 14.4 Å². The standard InChI is InChI=1S/C7H8O6.C4H10/c1-2-3-7(4(8)9,5(10)11)6(12)13;1-3-4-2/h2-3H,1H3,(H,8,9)(H,10,11)(H,12,13);3-4H2,1-2H3. The first-order valence-corrected chi connectivity index (χ1v) is 5.15. The number of hydrogen-bond donors (Lipinski definition) is 3. The van der Waals surface area contributed by atoms with Crippen LogP contribution in [0.3, 0.4) is 0 Å². The van der Waals surface area contributed by atoms with Crippen molar-refractivity contribution >= 4 is 17.9 Å². The number of hydrogen-bond acceptors (Lipinski definition) is 3. The van der Waals surface area contributed by atoms with E-state index in [1.165, 1.54) is 19.8 Å². The SMILES string of the molecule is CC=CC(C(=O)O)(C(=O)O)C(=O)O.CCCC. The summed E-state index contributed by atoms with van der Waals surface area (Å²) in [4.78, 5) is 31.4. The van der Waals surface area contributed by atoms with Crippen LogP contribution < -0.4 is 0 Å². The second kappa shape index (κ2) is 8.32. The van der Waals surface area contributed by atoms with E-state index in [1.54, 1.807) is 0 Å². The zero-order valence-corrected chi connectivity index (χ0v) is 10.1. The number of allylic oxidation sites excluding steroid dienone is 1. The molecule has 0 unspecified atom stereocenters. The molecule has 0 aliphatic carbocycles. The highest BCUT2D eigenvalue weighted by Crippen LogP contribution is 2.20. The molecule has 17 heavy (non-hydrogen) atoms. The Labute approximate surface area is 99.6 Å². The summed E-state index contributed by atoms with van der Waals surface area (Å²) in [5.41, 5.74) is -2.88. The average molecular weight is 246 g/mol. The van der Waals surface area contributed by atoms with E-state index < -0.39 is 23.3 Å². The van der Waals surface area contributed by atoms with E-state index in [2.05, 4.69) is 13.8 Å². The van der Waals surface area contributed by atoms with Gasteiger partial charge in [-0.15, -0.1) is 0 Å². The summed E-state index contributed by atoms with van der Waals surface area (Å²) in [7, 11) is 0. The van der Waals surface area contributed by atoms with E-state index in [1.807, 2.05) is 0 Å². The molecular weight excluding hydrogens is 228 g/mol. The second-order valence-corrected chi connectivity index (χ2v) is 3.22. The fourth-order valence-electron chi connectivity index (χ4n) is 0.738. The molecule has 0 bridgehead atoms. The monoisotopic (exact) mass is 246 g/mol. The molecular formula is C11H18O6. The maximum Gasteiger partial charge on any atom is 0.336 e. The number of aliphatic carboxylic acids is 3. The minimum atomic E-state index is -2.88. The number of unbranched alkanes of at least 4 members (excludes halogenated alkanes) is 1. The Morgan fingerprint density at radius 3 is 1.29 bits per heavy atom. The lowest BCUT2D eigenvalue weighted by Gasteiger charge is -2.14. The van der Waals surface area contributed by atoms with Gasteiger partial charge in [0.1, 0.15) is 0 Å². The number of carbonyl (C=O) groups is 3. The number of rotatable bonds is 5. The molecule has 0 amide bonds. The molecule has 0 heterocycles. The normalized spacial score (nSPS) is 10.5. The summed E-state index contributed by atoms with van der Waals surface area (Å²) in [6, 6.07) is 0. The number of carboxylic acids is 3. The van der Waals surface area contributed by atoms with Crippen LogP contribution in [0, 0.1) is 5.41 Å². The predicted molar refractivity (Wildman–Crippen MR) is 60.7 cm³/mol. The third kappa shape index (κ3) is 4.67. The molecule has 0 saturated carbocycles. The van der Waals surface area contributed by atoms with Crippen LogP contribution >= 0.6 is 0 Å². The first-order chi connectivity index (χ1) is 7.81. The molecule has 0 spiro atoms. The third-order valence-corrected chi connectivity index (χ3v) is 1.93. The Bertz CT molecular complexity index is 267. The molecule has 0 aromatic rings. The van der Waals surface area contributed by atoms with E-state index >= 15 is 0 Å². The van der Waals surface area contributed by atoms with Gasteiger partial charge in [0, 0.05) is 0 Å². The lowest BCUT2D eigenvalue weighted by Crippen LogP contribution is -2.44. The summed E-state index contributed by atoms with van der Waals surface area (Å²) in [6.07, 6.45) is 4.32. The highest BCUT2D eigenvalue weighted by molar-refractivity contribution is 6.18. The quantitative estimate of drug-likeness (QED) is 0.502. The lowest BCUT2D eigenvalue weighted by molar-refractivity contribution is -0.171. The average Bonchev–Trinajstić information content (AvgIpc) is 2.24. The molecule has 0 radical (unpaired) electrons. The summed E-state index contributed by atoms with van der Waals surface area (Å²) >= 11 is 0. The van der Waals surface area contributed by atoms with Gasteiger partial charge in [0.05, 0.1) is 0 Å². The van der Waals surface area contributed by atoms with E-state index in [4.69, 9.17) is 15.3 Å². The van der Waals surface area contributed by atoms with Crippen molar-refractivity contribution in [3.8, 4) is 0 Å². The van der Waals surface area contributed by atoms with Crippen LogP contribution in [0.1, 0.15) is 33.6 Å². The van der Waals surface area contributed by atoms with Crippen molar-refractivity contribution in [2.75, 3.05) is 0 Å². The summed E-state index contributed by atoms with van der Waals surface area (Å²) in [5.74, 6) is -5.78.